The maximum Gasteiger partial charge on any atom is 0.135 e. The van der Waals surface area contributed by atoms with Gasteiger partial charge in [0.1, 0.15) is 23.8 Å². The van der Waals surface area contributed by atoms with Gasteiger partial charge in [0.25, 0.3) is 0 Å². The van der Waals surface area contributed by atoms with E-state index in [1.165, 1.54) is 12.1 Å². The first-order chi connectivity index (χ1) is 13.2. The summed E-state index contributed by atoms with van der Waals surface area (Å²) >= 11 is 6.10. The van der Waals surface area contributed by atoms with E-state index in [1.807, 2.05) is 24.3 Å². The van der Waals surface area contributed by atoms with Gasteiger partial charge < -0.3 is 15.1 Å². The average molecular weight is 384 g/mol. The van der Waals surface area contributed by atoms with Gasteiger partial charge in [-0.1, -0.05) is 17.7 Å². The fourth-order valence-corrected chi connectivity index (χ4v) is 3.32. The molecule has 0 aliphatic carbocycles. The smallest absolute Gasteiger partial charge is 0.135 e. The Morgan fingerprint density at radius 1 is 0.889 bits per heavy atom. The minimum atomic E-state index is -0.262. The molecule has 1 aromatic heterocycles. The van der Waals surface area contributed by atoms with Gasteiger partial charge in [0.2, 0.25) is 0 Å². The SMILES string of the molecule is Fc1ccc(Nc2cc(N3CCN(c4cccc(Cl)c4)CC3)ncn2)cc1. The summed E-state index contributed by atoms with van der Waals surface area (Å²) in [5.74, 6) is 1.30. The summed E-state index contributed by atoms with van der Waals surface area (Å²) < 4.78 is 13.0. The van der Waals surface area contributed by atoms with E-state index in [0.29, 0.717) is 5.82 Å². The molecule has 1 aliphatic heterocycles. The van der Waals surface area contributed by atoms with Crippen molar-refractivity contribution in [1.82, 2.24) is 9.97 Å². The van der Waals surface area contributed by atoms with Gasteiger partial charge in [-0.2, -0.15) is 0 Å². The van der Waals surface area contributed by atoms with Gasteiger partial charge in [-0.25, -0.2) is 14.4 Å². The van der Waals surface area contributed by atoms with Crippen LogP contribution in [0.1, 0.15) is 0 Å². The van der Waals surface area contributed by atoms with Crippen molar-refractivity contribution in [3.05, 3.63) is 71.8 Å². The number of aromatic nitrogens is 2. The molecule has 3 aromatic rings. The molecule has 0 bridgehead atoms. The van der Waals surface area contributed by atoms with E-state index < -0.39 is 0 Å². The number of halogens is 2. The van der Waals surface area contributed by atoms with Gasteiger partial charge in [-0.15, -0.1) is 0 Å². The molecular weight excluding hydrogens is 365 g/mol. The summed E-state index contributed by atoms with van der Waals surface area (Å²) in [7, 11) is 0. The highest BCUT2D eigenvalue weighted by atomic mass is 35.5. The predicted molar refractivity (Wildman–Crippen MR) is 108 cm³/mol. The van der Waals surface area contributed by atoms with Gasteiger partial charge in [0.15, 0.2) is 0 Å². The van der Waals surface area contributed by atoms with E-state index >= 15 is 0 Å². The molecule has 0 unspecified atom stereocenters. The van der Waals surface area contributed by atoms with Crippen LogP contribution in [0.5, 0.6) is 0 Å². The molecule has 7 heteroatoms. The van der Waals surface area contributed by atoms with E-state index in [4.69, 9.17) is 11.6 Å². The Morgan fingerprint density at radius 3 is 2.37 bits per heavy atom. The molecule has 2 aromatic carbocycles. The zero-order valence-corrected chi connectivity index (χ0v) is 15.4. The number of nitrogens with one attached hydrogen (secondary N) is 1. The van der Waals surface area contributed by atoms with Crippen LogP contribution in [-0.2, 0) is 0 Å². The molecule has 5 nitrogen and oxygen atoms in total. The lowest BCUT2D eigenvalue weighted by atomic mass is 10.2. The van der Waals surface area contributed by atoms with E-state index in [0.717, 1.165) is 48.4 Å². The molecule has 0 atom stereocenters. The second-order valence-electron chi connectivity index (χ2n) is 6.35. The van der Waals surface area contributed by atoms with Crippen molar-refractivity contribution in [2.24, 2.45) is 0 Å². The molecule has 0 spiro atoms. The third kappa shape index (κ3) is 4.28. The molecule has 0 amide bonds. The second kappa shape index (κ2) is 7.80. The third-order valence-corrected chi connectivity index (χ3v) is 4.78. The molecule has 1 fully saturated rings. The van der Waals surface area contributed by atoms with Crippen LogP contribution in [0, 0.1) is 5.82 Å². The number of piperazine rings is 1. The Kier molecular flexibility index (Phi) is 5.07. The van der Waals surface area contributed by atoms with E-state index in [2.05, 4.69) is 31.2 Å². The number of hydrogen-bond acceptors (Lipinski definition) is 5. The van der Waals surface area contributed by atoms with Crippen LogP contribution in [0.25, 0.3) is 0 Å². The van der Waals surface area contributed by atoms with Gasteiger partial charge in [-0.05, 0) is 42.5 Å². The molecule has 1 N–H and O–H groups in total. The highest BCUT2D eigenvalue weighted by Crippen LogP contribution is 2.23. The quantitative estimate of drug-likeness (QED) is 0.726. The summed E-state index contributed by atoms with van der Waals surface area (Å²) in [6.07, 6.45) is 1.55. The van der Waals surface area contributed by atoms with Gasteiger partial charge >= 0.3 is 0 Å². The summed E-state index contributed by atoms with van der Waals surface area (Å²) in [6.45, 7) is 3.51. The molecule has 0 radical (unpaired) electrons. The van der Waals surface area contributed by atoms with Crippen LogP contribution >= 0.6 is 11.6 Å². The molecule has 1 aliphatic rings. The maximum atomic E-state index is 13.0. The Morgan fingerprint density at radius 2 is 1.63 bits per heavy atom. The Bertz CT molecular complexity index is 910. The molecule has 1 saturated heterocycles. The first kappa shape index (κ1) is 17.5. The van der Waals surface area contributed by atoms with Crippen molar-refractivity contribution in [1.29, 1.82) is 0 Å². The molecule has 138 valence electrons. The number of hydrogen-bond donors (Lipinski definition) is 1. The lowest BCUT2D eigenvalue weighted by Gasteiger charge is -2.36. The molecule has 0 saturated carbocycles. The largest absolute Gasteiger partial charge is 0.368 e. The summed E-state index contributed by atoms with van der Waals surface area (Å²) in [6, 6.07) is 16.0. The van der Waals surface area contributed by atoms with Crippen molar-refractivity contribution >= 4 is 34.6 Å². The van der Waals surface area contributed by atoms with Crippen molar-refractivity contribution in [3.8, 4) is 0 Å². The lowest BCUT2D eigenvalue weighted by molar-refractivity contribution is 0.628. The zero-order valence-electron chi connectivity index (χ0n) is 14.6. The summed E-state index contributed by atoms with van der Waals surface area (Å²) in [5.41, 5.74) is 1.93. The minimum absolute atomic E-state index is 0.262. The first-order valence-corrected chi connectivity index (χ1v) is 9.15. The van der Waals surface area contributed by atoms with Gasteiger partial charge in [0, 0.05) is 48.6 Å². The number of benzene rings is 2. The van der Waals surface area contributed by atoms with Gasteiger partial charge in [0.05, 0.1) is 0 Å². The Labute approximate surface area is 162 Å². The fourth-order valence-electron chi connectivity index (χ4n) is 3.14. The minimum Gasteiger partial charge on any atom is -0.368 e. The summed E-state index contributed by atoms with van der Waals surface area (Å²) in [4.78, 5) is 13.2. The predicted octanol–water partition coefficient (Wildman–Crippen LogP) is 4.34. The zero-order chi connectivity index (χ0) is 18.6. The van der Waals surface area contributed by atoms with Crippen LogP contribution in [0.2, 0.25) is 5.02 Å². The van der Waals surface area contributed by atoms with Crippen LogP contribution in [0.4, 0.5) is 27.4 Å². The van der Waals surface area contributed by atoms with Crippen LogP contribution in [0.15, 0.2) is 60.9 Å². The average Bonchev–Trinajstić information content (AvgIpc) is 2.70. The number of nitrogens with zero attached hydrogens (tertiary/aromatic N) is 4. The highest BCUT2D eigenvalue weighted by molar-refractivity contribution is 6.30. The number of anilines is 4. The lowest BCUT2D eigenvalue weighted by Crippen LogP contribution is -2.46. The van der Waals surface area contributed by atoms with E-state index in [9.17, 15) is 4.39 Å². The molecule has 2 heterocycles. The second-order valence-corrected chi connectivity index (χ2v) is 6.78. The normalized spacial score (nSPS) is 14.3. The third-order valence-electron chi connectivity index (χ3n) is 4.55. The Balaban J connectivity index is 1.42. The van der Waals surface area contributed by atoms with Gasteiger partial charge in [-0.3, -0.25) is 0 Å². The molecule has 4 rings (SSSR count). The van der Waals surface area contributed by atoms with Crippen molar-refractivity contribution in [2.75, 3.05) is 41.3 Å². The van der Waals surface area contributed by atoms with Crippen molar-refractivity contribution < 1.29 is 4.39 Å². The molecule has 27 heavy (non-hydrogen) atoms. The summed E-state index contributed by atoms with van der Waals surface area (Å²) in [5, 5.41) is 3.93. The Hall–Kier alpha value is -2.86. The first-order valence-electron chi connectivity index (χ1n) is 8.77. The monoisotopic (exact) mass is 383 g/mol. The number of rotatable bonds is 4. The topological polar surface area (TPSA) is 44.3 Å². The maximum absolute atomic E-state index is 13.0. The standard InChI is InChI=1S/C20H19ClFN5/c21-15-2-1-3-18(12-15)26-8-10-27(11-9-26)20-13-19(23-14-24-20)25-17-6-4-16(22)5-7-17/h1-7,12-14H,8-11H2,(H,23,24,25). The van der Waals surface area contributed by atoms with Crippen molar-refractivity contribution in [2.45, 2.75) is 0 Å². The van der Waals surface area contributed by atoms with Crippen LogP contribution in [0.3, 0.4) is 0 Å². The highest BCUT2D eigenvalue weighted by Gasteiger charge is 2.19. The van der Waals surface area contributed by atoms with Crippen LogP contribution in [-0.4, -0.2) is 36.1 Å². The van der Waals surface area contributed by atoms with Crippen LogP contribution < -0.4 is 15.1 Å². The molecular formula is C20H19ClFN5. The van der Waals surface area contributed by atoms with Crippen molar-refractivity contribution in [3.63, 3.8) is 0 Å². The van der Waals surface area contributed by atoms with E-state index in [1.54, 1.807) is 18.5 Å². The van der Waals surface area contributed by atoms with E-state index in [-0.39, 0.29) is 5.82 Å². The fraction of sp³-hybridized carbons (Fsp3) is 0.200.